The summed E-state index contributed by atoms with van der Waals surface area (Å²) < 4.78 is 0. The molecule has 0 aromatic carbocycles. The summed E-state index contributed by atoms with van der Waals surface area (Å²) in [5, 5.41) is 12.4. The van der Waals surface area contributed by atoms with Gasteiger partial charge < -0.3 is 15.3 Å². The lowest BCUT2D eigenvalue weighted by atomic mass is 9.97. The zero-order chi connectivity index (χ0) is 12.6. The van der Waals surface area contributed by atoms with Crippen LogP contribution in [0.3, 0.4) is 0 Å². The van der Waals surface area contributed by atoms with Gasteiger partial charge in [-0.25, -0.2) is 0 Å². The van der Waals surface area contributed by atoms with Gasteiger partial charge in [-0.15, -0.1) is 0 Å². The molecule has 0 bridgehead atoms. The third-order valence-electron chi connectivity index (χ3n) is 4.90. The van der Waals surface area contributed by atoms with Gasteiger partial charge >= 0.3 is 5.97 Å². The highest BCUT2D eigenvalue weighted by molar-refractivity contribution is 5.79. The lowest BCUT2D eigenvalue weighted by Gasteiger charge is -2.32. The summed E-state index contributed by atoms with van der Waals surface area (Å²) in [7, 11) is 3.92. The van der Waals surface area contributed by atoms with E-state index in [0.717, 1.165) is 25.2 Å². The molecule has 0 aromatic heterocycles. The zero-order valence-corrected chi connectivity index (χ0v) is 11.1. The SMILES string of the molecule is CNC1(C(=O)O)CCC(N(C)C(C)C2CC2)C1. The number of carboxylic acids is 1. The van der Waals surface area contributed by atoms with Crippen LogP contribution in [-0.4, -0.2) is 47.7 Å². The van der Waals surface area contributed by atoms with E-state index >= 15 is 0 Å². The first-order valence-electron chi connectivity index (χ1n) is 6.64. The molecule has 0 aromatic rings. The maximum atomic E-state index is 11.4. The smallest absolute Gasteiger partial charge is 0.323 e. The van der Waals surface area contributed by atoms with Crippen molar-refractivity contribution in [2.24, 2.45) is 5.92 Å². The fourth-order valence-electron chi connectivity index (χ4n) is 3.14. The Bertz CT molecular complexity index is 304. The summed E-state index contributed by atoms with van der Waals surface area (Å²) in [6.45, 7) is 2.28. The topological polar surface area (TPSA) is 52.6 Å². The molecule has 0 heterocycles. The van der Waals surface area contributed by atoms with Gasteiger partial charge in [-0.05, 0) is 59.0 Å². The predicted molar refractivity (Wildman–Crippen MR) is 67.0 cm³/mol. The Morgan fingerprint density at radius 2 is 2.12 bits per heavy atom. The third kappa shape index (κ3) is 2.33. The highest BCUT2D eigenvalue weighted by Crippen LogP contribution is 2.39. The maximum Gasteiger partial charge on any atom is 0.323 e. The van der Waals surface area contributed by atoms with Crippen LogP contribution in [-0.2, 0) is 4.79 Å². The number of carbonyl (C=O) groups is 1. The van der Waals surface area contributed by atoms with Gasteiger partial charge in [0.05, 0.1) is 0 Å². The van der Waals surface area contributed by atoms with Gasteiger partial charge in [0.1, 0.15) is 5.54 Å². The molecular weight excluding hydrogens is 216 g/mol. The molecule has 17 heavy (non-hydrogen) atoms. The zero-order valence-electron chi connectivity index (χ0n) is 11.1. The van der Waals surface area contributed by atoms with Crippen molar-refractivity contribution >= 4 is 5.97 Å². The monoisotopic (exact) mass is 240 g/mol. The molecule has 3 unspecified atom stereocenters. The number of nitrogens with one attached hydrogen (secondary N) is 1. The van der Waals surface area contributed by atoms with E-state index in [1.807, 2.05) is 0 Å². The van der Waals surface area contributed by atoms with Gasteiger partial charge in [0, 0.05) is 12.1 Å². The average Bonchev–Trinajstić information content (AvgIpc) is 3.06. The molecule has 3 atom stereocenters. The Balaban J connectivity index is 1.98. The van der Waals surface area contributed by atoms with Gasteiger partial charge in [0.2, 0.25) is 0 Å². The van der Waals surface area contributed by atoms with Crippen molar-refractivity contribution in [3.63, 3.8) is 0 Å². The summed E-state index contributed by atoms with van der Waals surface area (Å²) in [5.41, 5.74) is -0.692. The van der Waals surface area contributed by atoms with Crippen LogP contribution in [0, 0.1) is 5.92 Å². The molecule has 4 heteroatoms. The van der Waals surface area contributed by atoms with Crippen LogP contribution < -0.4 is 5.32 Å². The highest BCUT2D eigenvalue weighted by atomic mass is 16.4. The van der Waals surface area contributed by atoms with E-state index in [9.17, 15) is 9.90 Å². The number of hydrogen-bond acceptors (Lipinski definition) is 3. The summed E-state index contributed by atoms with van der Waals surface area (Å²) in [5.74, 6) is 0.143. The van der Waals surface area contributed by atoms with Crippen LogP contribution in [0.25, 0.3) is 0 Å². The van der Waals surface area contributed by atoms with Crippen molar-refractivity contribution in [3.8, 4) is 0 Å². The van der Waals surface area contributed by atoms with Crippen molar-refractivity contribution in [3.05, 3.63) is 0 Å². The van der Waals surface area contributed by atoms with E-state index in [0.29, 0.717) is 12.1 Å². The molecule has 0 radical (unpaired) electrons. The number of hydrogen-bond donors (Lipinski definition) is 2. The molecule has 2 saturated carbocycles. The third-order valence-corrected chi connectivity index (χ3v) is 4.90. The van der Waals surface area contributed by atoms with Crippen molar-refractivity contribution < 1.29 is 9.90 Å². The quantitative estimate of drug-likeness (QED) is 0.761. The minimum absolute atomic E-state index is 0.411. The fourth-order valence-corrected chi connectivity index (χ4v) is 3.14. The summed E-state index contributed by atoms with van der Waals surface area (Å²) in [6, 6.07) is 1.01. The van der Waals surface area contributed by atoms with Crippen LogP contribution in [0.15, 0.2) is 0 Å². The Kier molecular flexibility index (Phi) is 3.46. The minimum atomic E-state index is -0.699. The maximum absolute atomic E-state index is 11.4. The Hall–Kier alpha value is -0.610. The van der Waals surface area contributed by atoms with Gasteiger partial charge in [-0.2, -0.15) is 0 Å². The summed E-state index contributed by atoms with van der Waals surface area (Å²) >= 11 is 0. The van der Waals surface area contributed by atoms with Crippen LogP contribution in [0.5, 0.6) is 0 Å². The summed E-state index contributed by atoms with van der Waals surface area (Å²) in [6.07, 6.45) is 5.14. The number of aliphatic carboxylic acids is 1. The van der Waals surface area contributed by atoms with Gasteiger partial charge in [0.15, 0.2) is 0 Å². The number of carboxylic acid groups (broad SMARTS) is 1. The van der Waals surface area contributed by atoms with E-state index in [1.54, 1.807) is 7.05 Å². The summed E-state index contributed by atoms with van der Waals surface area (Å²) in [4.78, 5) is 13.8. The molecule has 2 N–H and O–H groups in total. The van der Waals surface area contributed by atoms with E-state index in [-0.39, 0.29) is 0 Å². The van der Waals surface area contributed by atoms with Crippen LogP contribution >= 0.6 is 0 Å². The van der Waals surface area contributed by atoms with Crippen molar-refractivity contribution in [2.75, 3.05) is 14.1 Å². The average molecular weight is 240 g/mol. The normalized spacial score (nSPS) is 35.2. The van der Waals surface area contributed by atoms with E-state index in [1.165, 1.54) is 12.8 Å². The van der Waals surface area contributed by atoms with E-state index < -0.39 is 11.5 Å². The van der Waals surface area contributed by atoms with E-state index in [4.69, 9.17) is 0 Å². The Morgan fingerprint density at radius 3 is 2.53 bits per heavy atom. The lowest BCUT2D eigenvalue weighted by Crippen LogP contribution is -2.50. The van der Waals surface area contributed by atoms with Crippen molar-refractivity contribution in [1.29, 1.82) is 0 Å². The first kappa shape index (κ1) is 12.8. The van der Waals surface area contributed by atoms with E-state index in [2.05, 4.69) is 24.2 Å². The van der Waals surface area contributed by atoms with Gasteiger partial charge in [0.25, 0.3) is 0 Å². The number of nitrogens with zero attached hydrogens (tertiary/aromatic N) is 1. The van der Waals surface area contributed by atoms with Crippen LogP contribution in [0.4, 0.5) is 0 Å². The van der Waals surface area contributed by atoms with Crippen LogP contribution in [0.2, 0.25) is 0 Å². The molecule has 2 aliphatic rings. The molecule has 4 nitrogen and oxygen atoms in total. The predicted octanol–water partition coefficient (Wildman–Crippen LogP) is 1.31. The lowest BCUT2D eigenvalue weighted by molar-refractivity contribution is -0.144. The second-order valence-electron chi connectivity index (χ2n) is 5.78. The molecular formula is C13H24N2O2. The molecule has 0 saturated heterocycles. The standard InChI is InChI=1S/C13H24N2O2/c1-9(10-4-5-10)15(3)11-6-7-13(8-11,14-2)12(16)17/h9-11,14H,4-8H2,1-3H3,(H,16,17). The fraction of sp³-hybridized carbons (Fsp3) is 0.923. The highest BCUT2D eigenvalue weighted by Gasteiger charge is 2.46. The Morgan fingerprint density at radius 1 is 1.47 bits per heavy atom. The molecule has 2 rings (SSSR count). The van der Waals surface area contributed by atoms with Crippen molar-refractivity contribution in [1.82, 2.24) is 10.2 Å². The van der Waals surface area contributed by atoms with Crippen molar-refractivity contribution in [2.45, 2.75) is 56.7 Å². The minimum Gasteiger partial charge on any atom is -0.480 e. The number of rotatable bonds is 5. The van der Waals surface area contributed by atoms with Gasteiger partial charge in [-0.3, -0.25) is 4.79 Å². The largest absolute Gasteiger partial charge is 0.480 e. The molecule has 0 spiro atoms. The Labute approximate surface area is 103 Å². The van der Waals surface area contributed by atoms with Crippen LogP contribution in [0.1, 0.15) is 39.0 Å². The molecule has 0 aliphatic heterocycles. The second-order valence-corrected chi connectivity index (χ2v) is 5.78. The molecule has 0 amide bonds. The number of likely N-dealkylation sites (N-methyl/N-ethyl adjacent to an activating group) is 1. The molecule has 2 aliphatic carbocycles. The second kappa shape index (κ2) is 4.58. The molecule has 2 fully saturated rings. The van der Waals surface area contributed by atoms with Gasteiger partial charge in [-0.1, -0.05) is 0 Å². The first-order chi connectivity index (χ1) is 8.00. The first-order valence-corrected chi connectivity index (χ1v) is 6.64. The molecule has 98 valence electrons.